The Hall–Kier alpha value is 0.874. The van der Waals surface area contributed by atoms with Crippen molar-refractivity contribution in [3.63, 3.8) is 0 Å². The summed E-state index contributed by atoms with van der Waals surface area (Å²) in [4.78, 5) is 34.0. The molecule has 0 radical (unpaired) electrons. The zero-order valence-electron chi connectivity index (χ0n) is 20.0. The number of nitro groups is 2. The summed E-state index contributed by atoms with van der Waals surface area (Å²) >= 11 is 0. The molecule has 0 aliphatic carbocycles. The zero-order valence-corrected chi connectivity index (χ0v) is 31.5. The van der Waals surface area contributed by atoms with Crippen molar-refractivity contribution in [3.8, 4) is 0 Å². The van der Waals surface area contributed by atoms with E-state index >= 15 is 0 Å². The first kappa shape index (κ1) is 41.0. The van der Waals surface area contributed by atoms with Crippen molar-refractivity contribution in [2.75, 3.05) is 13.2 Å². The van der Waals surface area contributed by atoms with Gasteiger partial charge in [0.25, 0.3) is 12.2 Å². The van der Waals surface area contributed by atoms with Gasteiger partial charge in [-0.2, -0.15) is 5.10 Å². The molecule has 3 heterocycles. The Morgan fingerprint density at radius 2 is 1.82 bits per heavy atom. The van der Waals surface area contributed by atoms with Gasteiger partial charge in [-0.05, 0) is 27.7 Å². The fourth-order valence-corrected chi connectivity index (χ4v) is 1.54. The second-order valence-electron chi connectivity index (χ2n) is 7.09. The largest absolute Gasteiger partial charge is 1.00 e. The third-order valence-corrected chi connectivity index (χ3v) is 2.98. The molecule has 178 valence electrons. The van der Waals surface area contributed by atoms with Crippen LogP contribution in [0.5, 0.6) is 0 Å². The average molecular weight is 713 g/mol. The van der Waals surface area contributed by atoms with Gasteiger partial charge in [0.2, 0.25) is 0 Å². The molecule has 1 aromatic rings. The molecule has 1 fully saturated rings. The van der Waals surface area contributed by atoms with E-state index in [-0.39, 0.29) is 177 Å². The third-order valence-electron chi connectivity index (χ3n) is 2.98. The maximum Gasteiger partial charge on any atom is 1.00 e. The average Bonchev–Trinajstić information content (AvgIpc) is 3.08. The summed E-state index contributed by atoms with van der Waals surface area (Å²) in [7, 11) is 0. The van der Waals surface area contributed by atoms with E-state index in [2.05, 4.69) is 28.8 Å². The van der Waals surface area contributed by atoms with E-state index in [9.17, 15) is 25.3 Å². The van der Waals surface area contributed by atoms with Gasteiger partial charge in [-0.3, -0.25) is 34.7 Å². The molecule has 16 heteroatoms. The van der Waals surface area contributed by atoms with Crippen molar-refractivity contribution in [1.82, 2.24) is 9.78 Å². The molecule has 0 unspecified atom stereocenters. The van der Waals surface area contributed by atoms with Crippen LogP contribution in [0.4, 0.5) is 5.69 Å². The smallest absolute Gasteiger partial charge is 1.00 e. The monoisotopic (exact) mass is 713 g/mol. The molecule has 3 rings (SSSR count). The van der Waals surface area contributed by atoms with Crippen molar-refractivity contribution in [2.45, 2.75) is 52.9 Å². The van der Waals surface area contributed by atoms with Crippen LogP contribution in [-0.4, -0.2) is 61.8 Å². The van der Waals surface area contributed by atoms with E-state index < -0.39 is 15.4 Å². The minimum atomic E-state index is -0.917. The van der Waals surface area contributed by atoms with Crippen LogP contribution < -0.4 is 143 Å². The molecule has 1 saturated heterocycles. The summed E-state index contributed by atoms with van der Waals surface area (Å²) in [5.41, 5.74) is -0.630. The first-order valence-corrected chi connectivity index (χ1v) is 8.41. The first-order chi connectivity index (χ1) is 13.8. The standard InChI is InChI=1S/C7H11N3O3.C4H4N2O2.C4H8O.CH2O3.CH4.2Cs.H/c1-7(2,11)5-9-4-6(3-8-9)10(12)13;7-6(8)4-1-2-5-3-4;1-4(2)3-5-4;2-1-4-3;;;;/h3-4,11H,5H2,1-2H3;1,3H,2H2;3H2,1-2H3;1,3H;1H4;;;/q;;;;;2*+1;-1/p-1. The summed E-state index contributed by atoms with van der Waals surface area (Å²) in [6.45, 7) is 8.84. The molecule has 2 aliphatic heterocycles. The van der Waals surface area contributed by atoms with Gasteiger partial charge < -0.3 is 21.4 Å². The summed E-state index contributed by atoms with van der Waals surface area (Å²) in [6.07, 6.45) is 5.18. The van der Waals surface area contributed by atoms with Gasteiger partial charge in [0.15, 0.2) is 0 Å². The molecule has 0 aromatic carbocycles. The molecule has 1 N–H and O–H groups in total. The van der Waals surface area contributed by atoms with Crippen LogP contribution >= 0.6 is 0 Å². The van der Waals surface area contributed by atoms with Crippen molar-refractivity contribution in [1.29, 1.82) is 0 Å². The summed E-state index contributed by atoms with van der Waals surface area (Å²) in [5, 5.41) is 41.7. The van der Waals surface area contributed by atoms with Crippen LogP contribution in [0.15, 0.2) is 29.2 Å². The van der Waals surface area contributed by atoms with Gasteiger partial charge >= 0.3 is 143 Å². The van der Waals surface area contributed by atoms with Gasteiger partial charge in [-0.15, -0.1) is 0 Å². The molecule has 0 bridgehead atoms. The van der Waals surface area contributed by atoms with Gasteiger partial charge in [0.1, 0.15) is 12.4 Å². The number of rotatable bonds is 5. The fraction of sp³-hybridized carbons (Fsp3) is 0.588. The predicted octanol–water partition coefficient (Wildman–Crippen LogP) is -5.22. The number of carbonyl (C=O) groups excluding carboxylic acids is 1. The van der Waals surface area contributed by atoms with Gasteiger partial charge in [0.05, 0.1) is 47.0 Å². The number of aliphatic imine (C=N–C) groups is 1. The number of aromatic nitrogens is 2. The quantitative estimate of drug-likeness (QED) is 0.101. The van der Waals surface area contributed by atoms with Crippen LogP contribution in [-0.2, 0) is 21.0 Å². The topological polar surface area (TPSA) is 199 Å². The Labute approximate surface area is 311 Å². The molecule has 0 amide bonds. The maximum absolute atomic E-state index is 10.3. The molecule has 0 atom stereocenters. The number of carbonyl (C=O) groups is 1. The molecule has 2 aliphatic rings. The summed E-state index contributed by atoms with van der Waals surface area (Å²) in [6, 6.07) is 0. The number of hydrogen-bond acceptors (Lipinski definition) is 11. The van der Waals surface area contributed by atoms with Crippen LogP contribution in [0, 0.1) is 20.2 Å². The number of epoxide rings is 1. The molecular weight excluding hydrogens is 684 g/mol. The number of allylic oxidation sites excluding steroid dienone is 1. The van der Waals surface area contributed by atoms with E-state index in [4.69, 9.17) is 14.8 Å². The molecule has 0 saturated carbocycles. The molecule has 33 heavy (non-hydrogen) atoms. The summed E-state index contributed by atoms with van der Waals surface area (Å²) in [5.74, 6) is 0. The van der Waals surface area contributed by atoms with E-state index in [1.54, 1.807) is 13.8 Å². The zero-order chi connectivity index (χ0) is 23.4. The second-order valence-corrected chi connectivity index (χ2v) is 7.09. The Bertz CT molecular complexity index is 778. The molecule has 0 spiro atoms. The molecular formula is C17H29Cs2N5O9. The van der Waals surface area contributed by atoms with E-state index in [1.165, 1.54) is 23.2 Å². The van der Waals surface area contributed by atoms with Crippen LogP contribution in [0.3, 0.4) is 0 Å². The number of ether oxygens (including phenoxy) is 1. The van der Waals surface area contributed by atoms with Crippen LogP contribution in [0.25, 0.3) is 0 Å². The van der Waals surface area contributed by atoms with Crippen molar-refractivity contribution < 1.29 is 174 Å². The molecule has 1 aromatic heterocycles. The van der Waals surface area contributed by atoms with Crippen molar-refractivity contribution in [2.24, 2.45) is 4.99 Å². The van der Waals surface area contributed by atoms with Gasteiger partial charge in [-0.25, -0.2) is 0 Å². The van der Waals surface area contributed by atoms with E-state index in [0.717, 1.165) is 12.8 Å². The number of aliphatic hydroxyl groups is 1. The van der Waals surface area contributed by atoms with E-state index in [0.29, 0.717) is 6.54 Å². The van der Waals surface area contributed by atoms with Crippen LogP contribution in [0.1, 0.15) is 36.5 Å². The minimum Gasteiger partial charge on any atom is -1.00 e. The second kappa shape index (κ2) is 21.0. The van der Waals surface area contributed by atoms with E-state index in [1.807, 2.05) is 0 Å². The SMILES string of the molecule is C.CC(C)(O)Cn1cc([N+](=O)[O-])cn1.CC1(C)CO1.O=CO[O-].O=[N+]([O-])C1=CCN=C1.[Cs+].[Cs+].[H-]. The molecule has 14 nitrogen and oxygen atoms in total. The van der Waals surface area contributed by atoms with Crippen molar-refractivity contribution in [3.05, 3.63) is 44.4 Å². The van der Waals surface area contributed by atoms with Crippen molar-refractivity contribution >= 4 is 18.4 Å². The first-order valence-electron chi connectivity index (χ1n) is 8.41. The Morgan fingerprint density at radius 1 is 1.33 bits per heavy atom. The minimum absolute atomic E-state index is 0. The Balaban J connectivity index is -0.000000116. The Morgan fingerprint density at radius 3 is 2.03 bits per heavy atom. The summed E-state index contributed by atoms with van der Waals surface area (Å²) < 4.78 is 6.24. The normalized spacial score (nSPS) is 13.7. The Kier molecular flexibility index (Phi) is 26.1. The maximum atomic E-state index is 10.3. The fourth-order valence-electron chi connectivity index (χ4n) is 1.54. The third kappa shape index (κ3) is 24.3. The number of hydrogen-bond donors (Lipinski definition) is 1. The van der Waals surface area contributed by atoms with Gasteiger partial charge in [0, 0.05) is 6.08 Å². The number of nitrogens with zero attached hydrogens (tertiary/aromatic N) is 5. The predicted molar refractivity (Wildman–Crippen MR) is 109 cm³/mol. The van der Waals surface area contributed by atoms with Crippen LogP contribution in [0.2, 0.25) is 0 Å². The van der Waals surface area contributed by atoms with Gasteiger partial charge in [-0.1, -0.05) is 7.43 Å².